The summed E-state index contributed by atoms with van der Waals surface area (Å²) < 4.78 is 12.3. The summed E-state index contributed by atoms with van der Waals surface area (Å²) in [5, 5.41) is 1.26. The van der Waals surface area contributed by atoms with Crippen LogP contribution in [0.15, 0.2) is 12.1 Å². The molecule has 0 aliphatic heterocycles. The fourth-order valence-corrected chi connectivity index (χ4v) is 4.12. The normalized spacial score (nSPS) is 10.5. The Hall–Kier alpha value is -0.701. The Kier molecular flexibility index (Phi) is 7.96. The van der Waals surface area contributed by atoms with Gasteiger partial charge in [-0.2, -0.15) is 0 Å². The van der Waals surface area contributed by atoms with Crippen molar-refractivity contribution in [2.75, 3.05) is 20.8 Å². The molecule has 108 valence electrons. The van der Waals surface area contributed by atoms with E-state index in [1.165, 1.54) is 29.0 Å². The molecule has 0 fully saturated rings. The van der Waals surface area contributed by atoms with Crippen molar-refractivity contribution in [1.29, 1.82) is 0 Å². The Bertz CT molecular complexity index is 383. The van der Waals surface area contributed by atoms with Crippen molar-refractivity contribution in [3.8, 4) is 11.5 Å². The molecule has 0 heterocycles. The van der Waals surface area contributed by atoms with Gasteiger partial charge in [-0.15, -0.1) is 0 Å². The van der Waals surface area contributed by atoms with Gasteiger partial charge in [-0.25, -0.2) is 0 Å². The number of rotatable bonds is 9. The van der Waals surface area contributed by atoms with E-state index in [1.807, 2.05) is 0 Å². The van der Waals surface area contributed by atoms with Crippen LogP contribution in [-0.4, -0.2) is 35.7 Å². The quantitative estimate of drug-likeness (QED) is 0.557. The molecule has 0 radical (unpaired) electrons. The van der Waals surface area contributed by atoms with Crippen LogP contribution in [0.1, 0.15) is 31.7 Å². The maximum atomic E-state index is 5.63. The van der Waals surface area contributed by atoms with Crippen molar-refractivity contribution in [3.63, 3.8) is 0 Å². The second-order valence-corrected chi connectivity index (χ2v) is 6.79. The van der Waals surface area contributed by atoms with Gasteiger partial charge in [-0.1, -0.05) is 0 Å². The van der Waals surface area contributed by atoms with E-state index in [0.29, 0.717) is 21.5 Å². The van der Waals surface area contributed by atoms with Crippen LogP contribution in [-0.2, 0) is 6.42 Å². The summed E-state index contributed by atoms with van der Waals surface area (Å²) in [6, 6.07) is 4.22. The van der Waals surface area contributed by atoms with E-state index in [1.54, 1.807) is 14.2 Å². The molecular weight excluding hydrogens is 305 g/mol. The summed E-state index contributed by atoms with van der Waals surface area (Å²) in [5.74, 6) is 1.93. The first-order valence-corrected chi connectivity index (χ1v) is 8.91. The second-order valence-electron chi connectivity index (χ2n) is 4.41. The van der Waals surface area contributed by atoms with E-state index in [-0.39, 0.29) is 0 Å². The number of benzene rings is 1. The van der Waals surface area contributed by atoms with Gasteiger partial charge in [-0.05, 0) is 0 Å². The summed E-state index contributed by atoms with van der Waals surface area (Å²) in [5.41, 5.74) is 6.77. The number of nitrogens with two attached hydrogens (primary N) is 1. The van der Waals surface area contributed by atoms with E-state index in [0.717, 1.165) is 23.5 Å². The van der Waals surface area contributed by atoms with Crippen molar-refractivity contribution in [1.82, 2.24) is 0 Å². The molecule has 4 heteroatoms. The molecule has 0 saturated carbocycles. The molecule has 0 amide bonds. The molecule has 0 unspecified atom stereocenters. The van der Waals surface area contributed by atoms with Crippen LogP contribution in [0.3, 0.4) is 0 Å². The number of unbranched alkanes of at least 4 members (excludes halogenated alkanes) is 2. The maximum absolute atomic E-state index is 5.63. The Labute approximate surface area is 123 Å². The average Bonchev–Trinajstić information content (AvgIpc) is 2.44. The van der Waals surface area contributed by atoms with Gasteiger partial charge in [0.2, 0.25) is 0 Å². The van der Waals surface area contributed by atoms with Crippen molar-refractivity contribution >= 4 is 19.4 Å². The van der Waals surface area contributed by atoms with Gasteiger partial charge in [-0.3, -0.25) is 0 Å². The van der Waals surface area contributed by atoms with Gasteiger partial charge < -0.3 is 0 Å². The third-order valence-electron chi connectivity index (χ3n) is 2.99. The first-order chi connectivity index (χ1) is 9.26. The Morgan fingerprint density at radius 1 is 1.11 bits per heavy atom. The number of methoxy groups -OCH3 is 2. The molecule has 0 aliphatic carbocycles. The predicted molar refractivity (Wildman–Crippen MR) is 82.0 cm³/mol. The molecule has 1 aromatic rings. The predicted octanol–water partition coefficient (Wildman–Crippen LogP) is 2.14. The topological polar surface area (TPSA) is 44.5 Å². The Morgan fingerprint density at radius 3 is 2.42 bits per heavy atom. The Balaban J connectivity index is 2.83. The summed E-state index contributed by atoms with van der Waals surface area (Å²) >= 11 is 0.453. The minimum atomic E-state index is 0.453. The van der Waals surface area contributed by atoms with Crippen LogP contribution in [0.5, 0.6) is 11.5 Å². The SMILES string of the molecule is CCCCC[Se]c1cc(OC)c(CCN)cc1OC. The van der Waals surface area contributed by atoms with Crippen LogP contribution in [0, 0.1) is 0 Å². The summed E-state index contributed by atoms with van der Waals surface area (Å²) in [6.45, 7) is 2.86. The molecular formula is C15H25NO2Se. The third kappa shape index (κ3) is 5.06. The molecule has 1 rings (SSSR count). The number of hydrogen-bond donors (Lipinski definition) is 1. The van der Waals surface area contributed by atoms with Gasteiger partial charge in [0.1, 0.15) is 0 Å². The van der Waals surface area contributed by atoms with Gasteiger partial charge in [0.05, 0.1) is 0 Å². The summed E-state index contributed by atoms with van der Waals surface area (Å²) in [4.78, 5) is 0. The molecule has 0 aromatic heterocycles. The fraction of sp³-hybridized carbons (Fsp3) is 0.600. The van der Waals surface area contributed by atoms with Gasteiger partial charge in [0.15, 0.2) is 0 Å². The molecule has 0 atom stereocenters. The first-order valence-electron chi connectivity index (χ1n) is 6.84. The van der Waals surface area contributed by atoms with E-state index < -0.39 is 0 Å². The Morgan fingerprint density at radius 2 is 1.84 bits per heavy atom. The molecule has 0 bridgehead atoms. The van der Waals surface area contributed by atoms with Crippen LogP contribution in [0.25, 0.3) is 0 Å². The van der Waals surface area contributed by atoms with Crippen molar-refractivity contribution in [2.24, 2.45) is 5.73 Å². The molecule has 0 saturated heterocycles. The zero-order valence-corrected chi connectivity index (χ0v) is 13.9. The molecule has 0 aliphatic rings. The minimum absolute atomic E-state index is 0.453. The monoisotopic (exact) mass is 331 g/mol. The molecule has 2 N–H and O–H groups in total. The van der Waals surface area contributed by atoms with E-state index >= 15 is 0 Å². The van der Waals surface area contributed by atoms with Crippen molar-refractivity contribution < 1.29 is 9.47 Å². The number of ether oxygens (including phenoxy) is 2. The molecule has 19 heavy (non-hydrogen) atoms. The van der Waals surface area contributed by atoms with Crippen molar-refractivity contribution in [3.05, 3.63) is 17.7 Å². The molecule has 0 spiro atoms. The standard InChI is InChI=1S/C15H25NO2Se/c1-4-5-6-9-19-15-11-13(17-2)12(7-8-16)10-14(15)18-3/h10-11H,4-9,16H2,1-3H3. The number of hydrogen-bond acceptors (Lipinski definition) is 3. The zero-order valence-electron chi connectivity index (χ0n) is 12.2. The van der Waals surface area contributed by atoms with Gasteiger partial charge in [0.25, 0.3) is 0 Å². The second kappa shape index (κ2) is 9.24. The summed E-state index contributed by atoms with van der Waals surface area (Å²) in [7, 11) is 3.45. The van der Waals surface area contributed by atoms with E-state index in [2.05, 4.69) is 19.1 Å². The van der Waals surface area contributed by atoms with E-state index in [9.17, 15) is 0 Å². The molecule has 3 nitrogen and oxygen atoms in total. The first kappa shape index (κ1) is 16.4. The zero-order chi connectivity index (χ0) is 14.1. The van der Waals surface area contributed by atoms with Crippen molar-refractivity contribution in [2.45, 2.75) is 37.9 Å². The van der Waals surface area contributed by atoms with Gasteiger partial charge in [0, 0.05) is 0 Å². The third-order valence-corrected chi connectivity index (χ3v) is 5.34. The van der Waals surface area contributed by atoms with Crippen LogP contribution in [0.2, 0.25) is 5.32 Å². The van der Waals surface area contributed by atoms with Crippen LogP contribution < -0.4 is 19.7 Å². The van der Waals surface area contributed by atoms with Gasteiger partial charge >= 0.3 is 123 Å². The van der Waals surface area contributed by atoms with Crippen LogP contribution in [0.4, 0.5) is 0 Å². The fourth-order valence-electron chi connectivity index (χ4n) is 1.93. The average molecular weight is 330 g/mol. The van der Waals surface area contributed by atoms with E-state index in [4.69, 9.17) is 15.2 Å². The molecule has 1 aromatic carbocycles. The van der Waals surface area contributed by atoms with Crippen LogP contribution >= 0.6 is 0 Å². The summed E-state index contributed by atoms with van der Waals surface area (Å²) in [6.07, 6.45) is 4.70.